The zero-order chi connectivity index (χ0) is 15.8. The van der Waals surface area contributed by atoms with Gasteiger partial charge in [0.25, 0.3) is 0 Å². The van der Waals surface area contributed by atoms with Gasteiger partial charge in [-0.2, -0.15) is 9.61 Å². The zero-order valence-corrected chi connectivity index (χ0v) is 12.5. The molecular formula is C17H14N4O2. The summed E-state index contributed by atoms with van der Waals surface area (Å²) in [5.41, 5.74) is 2.15. The topological polar surface area (TPSA) is 72.5 Å². The quantitative estimate of drug-likeness (QED) is 0.629. The van der Waals surface area contributed by atoms with Gasteiger partial charge in [0.2, 0.25) is 0 Å². The van der Waals surface area contributed by atoms with Crippen LogP contribution in [-0.2, 0) is 6.61 Å². The van der Waals surface area contributed by atoms with E-state index in [0.717, 1.165) is 22.1 Å². The van der Waals surface area contributed by atoms with Gasteiger partial charge in [-0.15, -0.1) is 10.2 Å². The van der Waals surface area contributed by atoms with Crippen LogP contribution in [0.5, 0.6) is 5.75 Å². The summed E-state index contributed by atoms with van der Waals surface area (Å²) in [7, 11) is 1.63. The number of benzene rings is 2. The van der Waals surface area contributed by atoms with Crippen molar-refractivity contribution in [3.8, 4) is 17.1 Å². The number of aliphatic hydroxyl groups excluding tert-OH is 1. The van der Waals surface area contributed by atoms with E-state index in [1.165, 1.54) is 0 Å². The molecule has 2 aromatic heterocycles. The van der Waals surface area contributed by atoms with E-state index in [1.807, 2.05) is 48.5 Å². The summed E-state index contributed by atoms with van der Waals surface area (Å²) in [6.07, 6.45) is 0. The Morgan fingerprint density at radius 1 is 1.00 bits per heavy atom. The van der Waals surface area contributed by atoms with Gasteiger partial charge in [-0.1, -0.05) is 24.3 Å². The van der Waals surface area contributed by atoms with Gasteiger partial charge in [0, 0.05) is 16.3 Å². The molecule has 0 spiro atoms. The molecule has 0 aliphatic carbocycles. The van der Waals surface area contributed by atoms with Crippen LogP contribution in [0.2, 0.25) is 0 Å². The third kappa shape index (κ3) is 2.11. The first-order valence-electron chi connectivity index (χ1n) is 7.20. The summed E-state index contributed by atoms with van der Waals surface area (Å²) in [4.78, 5) is 0. The second kappa shape index (κ2) is 5.33. The molecule has 4 rings (SSSR count). The number of fused-ring (bicyclic) bond motifs is 3. The molecule has 0 saturated carbocycles. The molecule has 0 aliphatic heterocycles. The fourth-order valence-corrected chi connectivity index (χ4v) is 2.68. The van der Waals surface area contributed by atoms with E-state index in [-0.39, 0.29) is 6.61 Å². The maximum Gasteiger partial charge on any atom is 0.186 e. The second-order valence-corrected chi connectivity index (χ2v) is 5.14. The van der Waals surface area contributed by atoms with Gasteiger partial charge < -0.3 is 9.84 Å². The molecule has 0 aliphatic rings. The summed E-state index contributed by atoms with van der Waals surface area (Å²) >= 11 is 0. The molecule has 6 heteroatoms. The monoisotopic (exact) mass is 306 g/mol. The van der Waals surface area contributed by atoms with E-state index < -0.39 is 0 Å². The number of ether oxygens (including phenoxy) is 1. The van der Waals surface area contributed by atoms with Crippen molar-refractivity contribution in [2.24, 2.45) is 0 Å². The van der Waals surface area contributed by atoms with Crippen molar-refractivity contribution >= 4 is 16.4 Å². The van der Waals surface area contributed by atoms with E-state index in [1.54, 1.807) is 11.6 Å². The zero-order valence-electron chi connectivity index (χ0n) is 12.5. The second-order valence-electron chi connectivity index (χ2n) is 5.14. The number of aliphatic hydroxyl groups is 1. The molecule has 114 valence electrons. The Labute approximate surface area is 132 Å². The van der Waals surface area contributed by atoms with E-state index in [0.29, 0.717) is 17.2 Å². The lowest BCUT2D eigenvalue weighted by Gasteiger charge is -2.06. The standard InChI is InChI=1S/C17H14N4O2/c1-23-12-8-6-11(7-9-12)16-18-19-17-14-5-3-2-4-13(14)15(10-22)20-21(16)17/h2-9,22H,10H2,1H3. The number of hydrogen-bond acceptors (Lipinski definition) is 5. The van der Waals surface area contributed by atoms with Crippen LogP contribution in [0, 0.1) is 0 Å². The normalized spacial score (nSPS) is 11.2. The summed E-state index contributed by atoms with van der Waals surface area (Å²) in [6, 6.07) is 15.3. The van der Waals surface area contributed by atoms with E-state index >= 15 is 0 Å². The van der Waals surface area contributed by atoms with E-state index in [4.69, 9.17) is 4.74 Å². The highest BCUT2D eigenvalue weighted by molar-refractivity contribution is 5.95. The van der Waals surface area contributed by atoms with Gasteiger partial charge in [-0.3, -0.25) is 0 Å². The molecule has 2 aromatic carbocycles. The third-order valence-corrected chi connectivity index (χ3v) is 3.84. The van der Waals surface area contributed by atoms with Gasteiger partial charge in [0.1, 0.15) is 5.75 Å². The van der Waals surface area contributed by atoms with Gasteiger partial charge in [-0.05, 0) is 24.3 Å². The maximum absolute atomic E-state index is 9.63. The van der Waals surface area contributed by atoms with Crippen LogP contribution >= 0.6 is 0 Å². The van der Waals surface area contributed by atoms with Crippen LogP contribution in [0.4, 0.5) is 0 Å². The maximum atomic E-state index is 9.63. The van der Waals surface area contributed by atoms with Crippen molar-refractivity contribution < 1.29 is 9.84 Å². The number of methoxy groups -OCH3 is 1. The molecule has 0 radical (unpaired) electrons. The molecule has 0 atom stereocenters. The van der Waals surface area contributed by atoms with Crippen molar-refractivity contribution in [3.63, 3.8) is 0 Å². The van der Waals surface area contributed by atoms with Crippen LogP contribution in [-0.4, -0.2) is 32.0 Å². The highest BCUT2D eigenvalue weighted by Crippen LogP contribution is 2.26. The predicted molar refractivity (Wildman–Crippen MR) is 86.2 cm³/mol. The van der Waals surface area contributed by atoms with Crippen LogP contribution in [0.25, 0.3) is 27.8 Å². The highest BCUT2D eigenvalue weighted by Gasteiger charge is 2.14. The number of nitrogens with zero attached hydrogens (tertiary/aromatic N) is 4. The molecule has 1 N–H and O–H groups in total. The van der Waals surface area contributed by atoms with Crippen LogP contribution in [0.1, 0.15) is 5.69 Å². The van der Waals surface area contributed by atoms with Crippen molar-refractivity contribution in [3.05, 3.63) is 54.2 Å². The molecule has 0 fully saturated rings. The van der Waals surface area contributed by atoms with Gasteiger partial charge in [-0.25, -0.2) is 0 Å². The van der Waals surface area contributed by atoms with Crippen LogP contribution in [0.3, 0.4) is 0 Å². The lowest BCUT2D eigenvalue weighted by molar-refractivity contribution is 0.277. The number of rotatable bonds is 3. The number of hydrogen-bond donors (Lipinski definition) is 1. The highest BCUT2D eigenvalue weighted by atomic mass is 16.5. The predicted octanol–water partition coefficient (Wildman–Crippen LogP) is 2.45. The van der Waals surface area contributed by atoms with E-state index in [2.05, 4.69) is 15.3 Å². The lowest BCUT2D eigenvalue weighted by Crippen LogP contribution is -2.02. The average Bonchev–Trinajstić information content (AvgIpc) is 3.05. The average molecular weight is 306 g/mol. The van der Waals surface area contributed by atoms with Crippen molar-refractivity contribution in [1.29, 1.82) is 0 Å². The molecule has 6 nitrogen and oxygen atoms in total. The molecule has 0 saturated heterocycles. The first-order valence-corrected chi connectivity index (χ1v) is 7.20. The van der Waals surface area contributed by atoms with Gasteiger partial charge in [0.05, 0.1) is 19.4 Å². The Morgan fingerprint density at radius 3 is 2.43 bits per heavy atom. The first kappa shape index (κ1) is 13.7. The Hall–Kier alpha value is -2.99. The van der Waals surface area contributed by atoms with Crippen LogP contribution in [0.15, 0.2) is 48.5 Å². The van der Waals surface area contributed by atoms with Crippen molar-refractivity contribution in [2.45, 2.75) is 6.61 Å². The molecule has 4 aromatic rings. The molecule has 23 heavy (non-hydrogen) atoms. The smallest absolute Gasteiger partial charge is 0.186 e. The molecule has 0 bridgehead atoms. The summed E-state index contributed by atoms with van der Waals surface area (Å²) < 4.78 is 6.85. The molecule has 0 amide bonds. The minimum Gasteiger partial charge on any atom is -0.497 e. The Kier molecular flexibility index (Phi) is 3.17. The molecular weight excluding hydrogens is 292 g/mol. The largest absolute Gasteiger partial charge is 0.497 e. The fraction of sp³-hybridized carbons (Fsp3) is 0.118. The molecule has 0 unspecified atom stereocenters. The minimum absolute atomic E-state index is 0.142. The minimum atomic E-state index is -0.142. The van der Waals surface area contributed by atoms with Crippen molar-refractivity contribution in [2.75, 3.05) is 7.11 Å². The molecule has 2 heterocycles. The SMILES string of the molecule is COc1ccc(-c2nnc3c4ccccc4c(CO)nn23)cc1. The Balaban J connectivity index is 2.00. The van der Waals surface area contributed by atoms with Crippen LogP contribution < -0.4 is 4.74 Å². The van der Waals surface area contributed by atoms with Crippen molar-refractivity contribution in [1.82, 2.24) is 19.8 Å². The fourth-order valence-electron chi connectivity index (χ4n) is 2.68. The first-order chi connectivity index (χ1) is 11.3. The van der Waals surface area contributed by atoms with E-state index in [9.17, 15) is 5.11 Å². The lowest BCUT2D eigenvalue weighted by atomic mass is 10.1. The van der Waals surface area contributed by atoms with Gasteiger partial charge in [0.15, 0.2) is 11.5 Å². The number of aromatic nitrogens is 4. The third-order valence-electron chi connectivity index (χ3n) is 3.84. The Morgan fingerprint density at radius 2 is 1.74 bits per heavy atom. The summed E-state index contributed by atoms with van der Waals surface area (Å²) in [5, 5.41) is 24.5. The summed E-state index contributed by atoms with van der Waals surface area (Å²) in [6.45, 7) is -0.142. The Bertz CT molecular complexity index is 993. The van der Waals surface area contributed by atoms with Gasteiger partial charge >= 0.3 is 0 Å². The summed E-state index contributed by atoms with van der Waals surface area (Å²) in [5.74, 6) is 1.40.